The number of ether oxygens (including phenoxy) is 4. The van der Waals surface area contributed by atoms with Crippen LogP contribution in [0.2, 0.25) is 0 Å². The third-order valence-corrected chi connectivity index (χ3v) is 7.49. The first-order valence-electron chi connectivity index (χ1n) is 10.3. The number of carbonyl (C=O) groups is 2. The van der Waals surface area contributed by atoms with Gasteiger partial charge in [-0.3, -0.25) is 4.79 Å². The van der Waals surface area contributed by atoms with Crippen LogP contribution in [-0.2, 0) is 14.3 Å². The topological polar surface area (TPSA) is 95.5 Å². The van der Waals surface area contributed by atoms with Crippen LogP contribution in [0.5, 0.6) is 17.2 Å². The summed E-state index contributed by atoms with van der Waals surface area (Å²) in [6.45, 7) is 1.89. The molecule has 1 amide bonds. The first-order valence-corrected chi connectivity index (χ1v) is 12.4. The van der Waals surface area contributed by atoms with Gasteiger partial charge in [-0.25, -0.2) is 10.2 Å². The minimum atomic E-state index is -0.490. The van der Waals surface area contributed by atoms with Crippen LogP contribution in [0, 0.1) is 0 Å². The molecular weight excluding hydrogens is 464 g/mol. The van der Waals surface area contributed by atoms with Crippen LogP contribution in [0.25, 0.3) is 0 Å². The number of esters is 1. The monoisotopic (exact) mass is 490 g/mol. The van der Waals surface area contributed by atoms with Gasteiger partial charge in [0, 0.05) is 11.5 Å². The molecule has 10 heteroatoms. The predicted molar refractivity (Wildman–Crippen MR) is 130 cm³/mol. The van der Waals surface area contributed by atoms with Crippen LogP contribution in [0.1, 0.15) is 22.6 Å². The molecule has 1 N–H and O–H groups in total. The van der Waals surface area contributed by atoms with Gasteiger partial charge in [0.15, 0.2) is 24.7 Å². The minimum Gasteiger partial charge on any atom is -0.490 e. The van der Waals surface area contributed by atoms with Gasteiger partial charge >= 0.3 is 5.97 Å². The highest BCUT2D eigenvalue weighted by Crippen LogP contribution is 2.45. The van der Waals surface area contributed by atoms with E-state index in [0.29, 0.717) is 34.0 Å². The maximum Gasteiger partial charge on any atom is 0.343 e. The van der Waals surface area contributed by atoms with E-state index in [-0.39, 0.29) is 19.1 Å². The molecule has 176 valence electrons. The molecule has 0 aliphatic carbocycles. The Labute approximate surface area is 201 Å². The van der Waals surface area contributed by atoms with E-state index in [1.54, 1.807) is 18.2 Å². The predicted octanol–water partition coefficient (Wildman–Crippen LogP) is 3.64. The van der Waals surface area contributed by atoms with Crippen molar-refractivity contribution in [2.45, 2.75) is 11.5 Å². The maximum atomic E-state index is 12.0. The fraction of sp³-hybridized carbons (Fsp3) is 0.348. The number of nitrogens with zero attached hydrogens (tertiary/aromatic N) is 1. The van der Waals surface area contributed by atoms with E-state index in [4.69, 9.17) is 14.2 Å². The molecular formula is C23H26N2O6S2. The van der Waals surface area contributed by atoms with Crippen molar-refractivity contribution in [2.24, 2.45) is 5.10 Å². The van der Waals surface area contributed by atoms with Gasteiger partial charge in [0.05, 0.1) is 24.5 Å². The zero-order valence-corrected chi connectivity index (χ0v) is 20.1. The van der Waals surface area contributed by atoms with Crippen LogP contribution in [0.4, 0.5) is 0 Å². The molecule has 1 heterocycles. The van der Waals surface area contributed by atoms with Crippen LogP contribution in [0.3, 0.4) is 0 Å². The van der Waals surface area contributed by atoms with E-state index in [0.717, 1.165) is 0 Å². The normalized spacial score (nSPS) is 13.6. The second-order valence-corrected chi connectivity index (χ2v) is 9.45. The number of hydrazone groups is 1. The number of hydrogen-bond donors (Lipinski definition) is 1. The van der Waals surface area contributed by atoms with Gasteiger partial charge in [-0.15, -0.1) is 23.5 Å². The molecule has 2 aromatic carbocycles. The molecule has 2 aromatic rings. The van der Waals surface area contributed by atoms with E-state index in [1.807, 2.05) is 54.7 Å². The van der Waals surface area contributed by atoms with Crippen molar-refractivity contribution < 1.29 is 28.5 Å². The van der Waals surface area contributed by atoms with Crippen molar-refractivity contribution in [3.05, 3.63) is 53.6 Å². The number of rotatable bonds is 11. The van der Waals surface area contributed by atoms with E-state index < -0.39 is 5.97 Å². The Hall–Kier alpha value is -2.85. The van der Waals surface area contributed by atoms with Gasteiger partial charge in [0.1, 0.15) is 5.75 Å². The largest absolute Gasteiger partial charge is 0.490 e. The molecule has 1 aliphatic heterocycles. The molecule has 1 aliphatic rings. The first kappa shape index (κ1) is 24.8. The lowest BCUT2D eigenvalue weighted by Crippen LogP contribution is -2.24. The molecule has 0 unspecified atom stereocenters. The average molecular weight is 491 g/mol. The molecule has 1 fully saturated rings. The summed E-state index contributed by atoms with van der Waals surface area (Å²) in [6, 6.07) is 12.9. The van der Waals surface area contributed by atoms with Crippen molar-refractivity contribution >= 4 is 41.6 Å². The number of thioether (sulfide) groups is 2. The quantitative estimate of drug-likeness (QED) is 0.290. The molecule has 0 radical (unpaired) electrons. The fourth-order valence-corrected chi connectivity index (χ4v) is 5.68. The summed E-state index contributed by atoms with van der Waals surface area (Å²) >= 11 is 3.89. The summed E-state index contributed by atoms with van der Waals surface area (Å²) in [4.78, 5) is 23.3. The lowest BCUT2D eigenvalue weighted by molar-refractivity contribution is -0.142. The molecule has 0 spiro atoms. The van der Waals surface area contributed by atoms with Gasteiger partial charge in [-0.05, 0) is 48.4 Å². The second-order valence-electron chi connectivity index (χ2n) is 6.73. The second kappa shape index (κ2) is 13.0. The lowest BCUT2D eigenvalue weighted by Gasteiger charge is -2.11. The number of carbonyl (C=O) groups excluding carboxylic acids is 2. The van der Waals surface area contributed by atoms with Crippen molar-refractivity contribution in [3.63, 3.8) is 0 Å². The zero-order valence-electron chi connectivity index (χ0n) is 18.4. The highest BCUT2D eigenvalue weighted by atomic mass is 32.2. The third kappa shape index (κ3) is 7.90. The zero-order chi connectivity index (χ0) is 23.5. The van der Waals surface area contributed by atoms with Crippen molar-refractivity contribution in [1.29, 1.82) is 0 Å². The lowest BCUT2D eigenvalue weighted by atomic mass is 10.2. The van der Waals surface area contributed by atoms with E-state index in [9.17, 15) is 9.59 Å². The Morgan fingerprint density at radius 3 is 2.48 bits per heavy atom. The van der Waals surface area contributed by atoms with Gasteiger partial charge in [-0.1, -0.05) is 12.1 Å². The van der Waals surface area contributed by atoms with Gasteiger partial charge < -0.3 is 18.9 Å². The molecule has 0 atom stereocenters. The fourth-order valence-electron chi connectivity index (χ4n) is 2.82. The van der Waals surface area contributed by atoms with Crippen LogP contribution >= 0.6 is 23.5 Å². The number of hydrogen-bond acceptors (Lipinski definition) is 9. The Morgan fingerprint density at radius 2 is 1.79 bits per heavy atom. The molecule has 0 saturated carbocycles. The number of nitrogens with one attached hydrogen (secondary N) is 1. The highest BCUT2D eigenvalue weighted by molar-refractivity contribution is 8.19. The van der Waals surface area contributed by atoms with Crippen LogP contribution < -0.4 is 19.6 Å². The third-order valence-electron chi connectivity index (χ3n) is 4.39. The average Bonchev–Trinajstić information content (AvgIpc) is 3.37. The number of benzene rings is 2. The van der Waals surface area contributed by atoms with Crippen LogP contribution in [-0.4, -0.2) is 56.5 Å². The molecule has 0 bridgehead atoms. The SMILES string of the molecule is CCOc1cc(/C=N\NC(=O)COc2ccc(C3SCCS3)cc2)ccc1OCC(=O)OC. The highest BCUT2D eigenvalue weighted by Gasteiger charge is 2.18. The van der Waals surface area contributed by atoms with E-state index >= 15 is 0 Å². The molecule has 0 aromatic heterocycles. The van der Waals surface area contributed by atoms with Crippen LogP contribution in [0.15, 0.2) is 47.6 Å². The van der Waals surface area contributed by atoms with Gasteiger partial charge in [-0.2, -0.15) is 5.10 Å². The Kier molecular flexibility index (Phi) is 9.77. The summed E-state index contributed by atoms with van der Waals surface area (Å²) in [5.74, 6) is 2.99. The van der Waals surface area contributed by atoms with Crippen molar-refractivity contribution in [1.82, 2.24) is 5.43 Å². The van der Waals surface area contributed by atoms with Crippen molar-refractivity contribution in [2.75, 3.05) is 38.4 Å². The Bertz CT molecular complexity index is 962. The summed E-state index contributed by atoms with van der Waals surface area (Å²) in [5.41, 5.74) is 4.38. The van der Waals surface area contributed by atoms with E-state index in [1.165, 1.54) is 30.4 Å². The minimum absolute atomic E-state index is 0.145. The van der Waals surface area contributed by atoms with Crippen molar-refractivity contribution in [3.8, 4) is 17.2 Å². The summed E-state index contributed by atoms with van der Waals surface area (Å²) in [7, 11) is 1.29. The molecule has 1 saturated heterocycles. The molecule has 33 heavy (non-hydrogen) atoms. The standard InChI is InChI=1S/C23H26N2O6S2/c1-3-29-20-12-16(4-9-19(20)31-15-22(27)28-2)13-24-25-21(26)14-30-18-7-5-17(6-8-18)23-32-10-11-33-23/h4-9,12-13,23H,3,10-11,14-15H2,1-2H3,(H,25,26)/b24-13-. The molecule has 3 rings (SSSR count). The number of methoxy groups -OCH3 is 1. The van der Waals surface area contributed by atoms with Gasteiger partial charge in [0.2, 0.25) is 0 Å². The van der Waals surface area contributed by atoms with Gasteiger partial charge in [0.25, 0.3) is 5.91 Å². The summed E-state index contributed by atoms with van der Waals surface area (Å²) in [5, 5.41) is 3.96. The van der Waals surface area contributed by atoms with E-state index in [2.05, 4.69) is 15.3 Å². The number of amides is 1. The Balaban J connectivity index is 1.47. The summed E-state index contributed by atoms with van der Waals surface area (Å²) in [6.07, 6.45) is 1.48. The Morgan fingerprint density at radius 1 is 1.03 bits per heavy atom. The molecule has 8 nitrogen and oxygen atoms in total. The summed E-state index contributed by atoms with van der Waals surface area (Å²) < 4.78 is 21.6. The smallest absolute Gasteiger partial charge is 0.343 e. The first-order chi connectivity index (χ1) is 16.1. The maximum absolute atomic E-state index is 12.0.